The number of nitrogens with one attached hydrogen (secondary N) is 1. The minimum Gasteiger partial charge on any atom is -0.397 e. The highest BCUT2D eigenvalue weighted by molar-refractivity contribution is 6.01. The number of aromatic nitrogens is 4. The first-order valence-electron chi connectivity index (χ1n) is 10.6. The van der Waals surface area contributed by atoms with E-state index in [1.165, 1.54) is 12.4 Å². The smallest absolute Gasteiger partial charge is 0.229 e. The summed E-state index contributed by atoms with van der Waals surface area (Å²) in [5, 5.41) is 8.23. The Balaban J connectivity index is 1.46. The van der Waals surface area contributed by atoms with E-state index >= 15 is 4.39 Å². The molecule has 168 valence electrons. The van der Waals surface area contributed by atoms with Crippen molar-refractivity contribution in [1.29, 1.82) is 0 Å². The molecule has 1 aliphatic carbocycles. The van der Waals surface area contributed by atoms with E-state index in [-0.39, 0.29) is 29.3 Å². The number of hydrogen-bond acceptors (Lipinski definition) is 6. The lowest BCUT2D eigenvalue weighted by Gasteiger charge is -2.13. The lowest BCUT2D eigenvalue weighted by Crippen LogP contribution is -2.16. The lowest BCUT2D eigenvalue weighted by molar-refractivity contribution is -0.117. The molecular weight excluding hydrogens is 421 g/mol. The standard InChI is InChI=1S/C24H24FN7O/c1-11-16(7-28-9-18(11)26)15-4-13-5-19(29-8-17(13)23(27)22(15)25)31-24(33)21-12(2)20(21)14-6-30-32(3)10-14/h4-10,12,20-21H,26-27H2,1-3H3,(H,29,31,33)/t12-,20+,21-/m1/s1. The SMILES string of the molecule is Cc1c(N)cncc1-c1cc2cc(NC(=O)[C@@H]3[C@H](C)[C@H]3c3cnn(C)c3)ncc2c(N)c1F. The Hall–Kier alpha value is -4.01. The number of nitrogens with two attached hydrogens (primary N) is 2. The molecule has 5 rings (SSSR count). The third-order valence-corrected chi connectivity index (χ3v) is 6.59. The number of fused-ring (bicyclic) bond motifs is 1. The van der Waals surface area contributed by atoms with Crippen LogP contribution in [0.4, 0.5) is 21.6 Å². The maximum absolute atomic E-state index is 15.1. The summed E-state index contributed by atoms with van der Waals surface area (Å²) in [6.45, 7) is 3.85. The Morgan fingerprint density at radius 1 is 1.15 bits per heavy atom. The Bertz CT molecular complexity index is 1410. The highest BCUT2D eigenvalue weighted by Gasteiger charge is 2.52. The van der Waals surface area contributed by atoms with Gasteiger partial charge in [-0.3, -0.25) is 14.5 Å². The number of carbonyl (C=O) groups is 1. The van der Waals surface area contributed by atoms with E-state index in [0.717, 1.165) is 11.1 Å². The van der Waals surface area contributed by atoms with E-state index in [2.05, 4.69) is 20.4 Å². The number of anilines is 3. The van der Waals surface area contributed by atoms with E-state index < -0.39 is 5.82 Å². The van der Waals surface area contributed by atoms with Gasteiger partial charge < -0.3 is 16.8 Å². The van der Waals surface area contributed by atoms with Gasteiger partial charge in [-0.15, -0.1) is 0 Å². The zero-order valence-corrected chi connectivity index (χ0v) is 18.5. The van der Waals surface area contributed by atoms with Crippen LogP contribution in [0.2, 0.25) is 0 Å². The van der Waals surface area contributed by atoms with Crippen molar-refractivity contribution in [2.45, 2.75) is 19.8 Å². The van der Waals surface area contributed by atoms with Crippen molar-refractivity contribution in [1.82, 2.24) is 19.7 Å². The molecule has 1 aliphatic rings. The first-order valence-corrected chi connectivity index (χ1v) is 10.6. The summed E-state index contributed by atoms with van der Waals surface area (Å²) in [6.07, 6.45) is 8.30. The highest BCUT2D eigenvalue weighted by atomic mass is 19.1. The summed E-state index contributed by atoms with van der Waals surface area (Å²) in [7, 11) is 1.86. The first kappa shape index (κ1) is 20.9. The Labute approximate surface area is 189 Å². The topological polar surface area (TPSA) is 125 Å². The van der Waals surface area contributed by atoms with Crippen molar-refractivity contribution in [3.8, 4) is 11.1 Å². The zero-order valence-electron chi connectivity index (χ0n) is 18.5. The molecule has 4 aromatic rings. The molecule has 3 aromatic heterocycles. The maximum atomic E-state index is 15.1. The first-order chi connectivity index (χ1) is 15.8. The molecule has 0 spiro atoms. The molecule has 0 bridgehead atoms. The number of pyridine rings is 2. The summed E-state index contributed by atoms with van der Waals surface area (Å²) in [5.74, 6) is -0.0749. The van der Waals surface area contributed by atoms with Crippen LogP contribution >= 0.6 is 0 Å². The van der Waals surface area contributed by atoms with Crippen molar-refractivity contribution in [3.63, 3.8) is 0 Å². The quantitative estimate of drug-likeness (QED) is 0.412. The van der Waals surface area contributed by atoms with Gasteiger partial charge in [-0.05, 0) is 41.5 Å². The Morgan fingerprint density at radius 3 is 2.67 bits per heavy atom. The summed E-state index contributed by atoms with van der Waals surface area (Å²) >= 11 is 0. The molecule has 1 amide bonds. The number of carbonyl (C=O) groups excluding carboxylic acids is 1. The van der Waals surface area contributed by atoms with E-state index in [0.29, 0.717) is 33.4 Å². The van der Waals surface area contributed by atoms with Gasteiger partial charge in [0.25, 0.3) is 0 Å². The fourth-order valence-corrected chi connectivity index (χ4v) is 4.57. The number of nitrogens with zero attached hydrogens (tertiary/aromatic N) is 4. The van der Waals surface area contributed by atoms with Gasteiger partial charge in [0.1, 0.15) is 5.82 Å². The predicted octanol–water partition coefficient (Wildman–Crippen LogP) is 3.63. The largest absolute Gasteiger partial charge is 0.397 e. The third-order valence-electron chi connectivity index (χ3n) is 6.59. The van der Waals surface area contributed by atoms with Gasteiger partial charge in [-0.1, -0.05) is 6.92 Å². The van der Waals surface area contributed by atoms with Crippen molar-refractivity contribution in [2.75, 3.05) is 16.8 Å². The van der Waals surface area contributed by atoms with E-state index in [1.807, 2.05) is 20.2 Å². The van der Waals surface area contributed by atoms with Crippen LogP contribution in [0.1, 0.15) is 24.0 Å². The normalized spacial score (nSPS) is 19.6. The number of aryl methyl sites for hydroxylation is 1. The Morgan fingerprint density at radius 2 is 1.94 bits per heavy atom. The molecule has 1 aromatic carbocycles. The summed E-state index contributed by atoms with van der Waals surface area (Å²) in [4.78, 5) is 21.3. The second-order valence-electron chi connectivity index (χ2n) is 8.69. The number of rotatable bonds is 4. The van der Waals surface area contributed by atoms with Crippen LogP contribution in [0.15, 0.2) is 43.1 Å². The van der Waals surface area contributed by atoms with Crippen molar-refractivity contribution in [2.24, 2.45) is 18.9 Å². The van der Waals surface area contributed by atoms with E-state index in [1.54, 1.807) is 36.1 Å². The molecule has 0 aliphatic heterocycles. The average Bonchev–Trinajstić information content (AvgIpc) is 3.27. The van der Waals surface area contributed by atoms with Gasteiger partial charge in [-0.25, -0.2) is 9.37 Å². The van der Waals surface area contributed by atoms with Gasteiger partial charge in [0.2, 0.25) is 5.91 Å². The third kappa shape index (κ3) is 3.45. The highest BCUT2D eigenvalue weighted by Crippen LogP contribution is 2.54. The van der Waals surface area contributed by atoms with Crippen molar-refractivity contribution >= 4 is 33.9 Å². The molecule has 1 saturated carbocycles. The number of halogens is 1. The maximum Gasteiger partial charge on any atom is 0.229 e. The molecule has 33 heavy (non-hydrogen) atoms. The Kier molecular flexibility index (Phi) is 4.77. The van der Waals surface area contributed by atoms with Crippen LogP contribution in [0.3, 0.4) is 0 Å². The lowest BCUT2D eigenvalue weighted by atomic mass is 9.97. The fraction of sp³-hybridized carbons (Fsp3) is 0.250. The summed E-state index contributed by atoms with van der Waals surface area (Å²) < 4.78 is 16.8. The molecule has 0 radical (unpaired) electrons. The number of nitrogen functional groups attached to an aromatic ring is 2. The van der Waals surface area contributed by atoms with Crippen molar-refractivity contribution in [3.05, 3.63) is 60.1 Å². The second-order valence-corrected chi connectivity index (χ2v) is 8.69. The van der Waals surface area contributed by atoms with Gasteiger partial charge in [0.15, 0.2) is 5.82 Å². The molecule has 9 heteroatoms. The van der Waals surface area contributed by atoms with Crippen LogP contribution in [-0.4, -0.2) is 25.7 Å². The van der Waals surface area contributed by atoms with E-state index in [4.69, 9.17) is 11.5 Å². The molecule has 3 atom stereocenters. The van der Waals surface area contributed by atoms with Gasteiger partial charge in [0.05, 0.1) is 23.8 Å². The monoisotopic (exact) mass is 445 g/mol. The van der Waals surface area contributed by atoms with Gasteiger partial charge >= 0.3 is 0 Å². The number of amides is 1. The fourth-order valence-electron chi connectivity index (χ4n) is 4.57. The predicted molar refractivity (Wildman–Crippen MR) is 126 cm³/mol. The summed E-state index contributed by atoms with van der Waals surface area (Å²) in [5.41, 5.74) is 15.1. The zero-order chi connectivity index (χ0) is 23.4. The summed E-state index contributed by atoms with van der Waals surface area (Å²) in [6, 6.07) is 3.38. The molecule has 0 saturated heterocycles. The van der Waals surface area contributed by atoms with Crippen LogP contribution in [0, 0.1) is 24.6 Å². The minimum atomic E-state index is -0.553. The second kappa shape index (κ2) is 7.54. The van der Waals surface area contributed by atoms with Crippen LogP contribution < -0.4 is 16.8 Å². The average molecular weight is 446 g/mol. The number of hydrogen-bond donors (Lipinski definition) is 3. The van der Waals surface area contributed by atoms with Crippen LogP contribution in [0.25, 0.3) is 21.9 Å². The van der Waals surface area contributed by atoms with Crippen molar-refractivity contribution < 1.29 is 9.18 Å². The van der Waals surface area contributed by atoms with Crippen LogP contribution in [0.5, 0.6) is 0 Å². The molecule has 5 N–H and O–H groups in total. The molecule has 1 fully saturated rings. The minimum absolute atomic E-state index is 0.0119. The van der Waals surface area contributed by atoms with Gasteiger partial charge in [-0.2, -0.15) is 5.10 Å². The molecule has 3 heterocycles. The molecular formula is C24H24FN7O. The van der Waals surface area contributed by atoms with Crippen LogP contribution in [-0.2, 0) is 11.8 Å². The van der Waals surface area contributed by atoms with Gasteiger partial charge in [0, 0.05) is 54.0 Å². The van der Waals surface area contributed by atoms with E-state index in [9.17, 15) is 4.79 Å². The molecule has 0 unspecified atom stereocenters. The number of benzene rings is 1. The molecule has 8 nitrogen and oxygen atoms in total.